The number of carbonyl (C=O) groups excluding carboxylic acids is 1. The molecule has 21 heavy (non-hydrogen) atoms. The molecule has 0 radical (unpaired) electrons. The SMILES string of the molecule is CC(NC(=O)C1(CN)CCCCCC1)c1ccccc1F. The van der Waals surface area contributed by atoms with Crippen LogP contribution in [0, 0.1) is 11.2 Å². The van der Waals surface area contributed by atoms with Gasteiger partial charge in [0.15, 0.2) is 0 Å². The Balaban J connectivity index is 2.10. The maximum atomic E-state index is 13.8. The molecule has 4 heteroatoms. The lowest BCUT2D eigenvalue weighted by Crippen LogP contribution is -2.46. The van der Waals surface area contributed by atoms with Crippen LogP contribution in [-0.4, -0.2) is 12.5 Å². The van der Waals surface area contributed by atoms with Crippen molar-refractivity contribution < 1.29 is 9.18 Å². The van der Waals surface area contributed by atoms with E-state index in [2.05, 4.69) is 5.32 Å². The standard InChI is InChI=1S/C17H25FN2O/c1-13(14-8-4-5-9-15(14)18)20-16(21)17(12-19)10-6-2-3-7-11-17/h4-5,8-9,13H,2-3,6-7,10-12,19H2,1H3,(H,20,21). The van der Waals surface area contributed by atoms with E-state index in [1.807, 2.05) is 6.92 Å². The molecule has 0 saturated heterocycles. The van der Waals surface area contributed by atoms with Gasteiger partial charge in [-0.05, 0) is 25.8 Å². The molecule has 2 rings (SSSR count). The molecule has 1 unspecified atom stereocenters. The van der Waals surface area contributed by atoms with Gasteiger partial charge >= 0.3 is 0 Å². The van der Waals surface area contributed by atoms with E-state index < -0.39 is 5.41 Å². The van der Waals surface area contributed by atoms with Gasteiger partial charge in [0.1, 0.15) is 5.82 Å². The molecule has 0 spiro atoms. The first-order valence-corrected chi connectivity index (χ1v) is 7.84. The highest BCUT2D eigenvalue weighted by atomic mass is 19.1. The summed E-state index contributed by atoms with van der Waals surface area (Å²) >= 11 is 0. The van der Waals surface area contributed by atoms with Gasteiger partial charge in [-0.15, -0.1) is 0 Å². The molecule has 1 aliphatic carbocycles. The highest BCUT2D eigenvalue weighted by molar-refractivity contribution is 5.83. The van der Waals surface area contributed by atoms with Gasteiger partial charge in [0.05, 0.1) is 11.5 Å². The molecule has 0 heterocycles. The summed E-state index contributed by atoms with van der Waals surface area (Å²) in [5.41, 5.74) is 5.96. The summed E-state index contributed by atoms with van der Waals surface area (Å²) in [5, 5.41) is 2.97. The predicted octanol–water partition coefficient (Wildman–Crippen LogP) is 3.30. The molecule has 0 aliphatic heterocycles. The van der Waals surface area contributed by atoms with Crippen LogP contribution in [0.3, 0.4) is 0 Å². The molecule has 3 N–H and O–H groups in total. The van der Waals surface area contributed by atoms with Crippen LogP contribution in [0.5, 0.6) is 0 Å². The highest BCUT2D eigenvalue weighted by Gasteiger charge is 2.37. The second-order valence-electron chi connectivity index (χ2n) is 6.12. The van der Waals surface area contributed by atoms with Gasteiger partial charge in [0, 0.05) is 12.1 Å². The molecule has 1 aromatic carbocycles. The van der Waals surface area contributed by atoms with Crippen molar-refractivity contribution in [3.8, 4) is 0 Å². The van der Waals surface area contributed by atoms with E-state index in [9.17, 15) is 9.18 Å². The minimum Gasteiger partial charge on any atom is -0.349 e. The van der Waals surface area contributed by atoms with Crippen LogP contribution in [0.1, 0.15) is 57.1 Å². The van der Waals surface area contributed by atoms with Gasteiger partial charge in [0.25, 0.3) is 0 Å². The Labute approximate surface area is 126 Å². The summed E-state index contributed by atoms with van der Waals surface area (Å²) in [4.78, 5) is 12.7. The van der Waals surface area contributed by atoms with Gasteiger partial charge in [0.2, 0.25) is 5.91 Å². The summed E-state index contributed by atoms with van der Waals surface area (Å²) in [6.45, 7) is 2.18. The molecule has 1 fully saturated rings. The van der Waals surface area contributed by atoms with Crippen LogP contribution >= 0.6 is 0 Å². The van der Waals surface area contributed by atoms with E-state index in [4.69, 9.17) is 5.73 Å². The predicted molar refractivity (Wildman–Crippen MR) is 82.1 cm³/mol. The number of hydrogen-bond acceptors (Lipinski definition) is 2. The van der Waals surface area contributed by atoms with Crippen molar-refractivity contribution in [3.05, 3.63) is 35.6 Å². The zero-order valence-corrected chi connectivity index (χ0v) is 12.7. The van der Waals surface area contributed by atoms with E-state index in [0.717, 1.165) is 38.5 Å². The Bertz CT molecular complexity index is 481. The Hall–Kier alpha value is -1.42. The second kappa shape index (κ2) is 7.03. The third kappa shape index (κ3) is 3.62. The van der Waals surface area contributed by atoms with Gasteiger partial charge in [-0.3, -0.25) is 4.79 Å². The topological polar surface area (TPSA) is 55.1 Å². The fourth-order valence-electron chi connectivity index (χ4n) is 3.18. The largest absolute Gasteiger partial charge is 0.349 e. The molecule has 1 amide bonds. The van der Waals surface area contributed by atoms with E-state index in [1.54, 1.807) is 18.2 Å². The van der Waals surface area contributed by atoms with Crippen molar-refractivity contribution in [2.45, 2.75) is 51.5 Å². The number of hydrogen-bond donors (Lipinski definition) is 2. The molecule has 1 saturated carbocycles. The minimum atomic E-state index is -0.476. The molecule has 116 valence electrons. The third-order valence-corrected chi connectivity index (χ3v) is 4.65. The summed E-state index contributed by atoms with van der Waals surface area (Å²) < 4.78 is 13.8. The van der Waals surface area contributed by atoms with E-state index >= 15 is 0 Å². The van der Waals surface area contributed by atoms with Gasteiger partial charge in [-0.2, -0.15) is 0 Å². The molecule has 1 atom stereocenters. The minimum absolute atomic E-state index is 0.0253. The molecule has 3 nitrogen and oxygen atoms in total. The maximum Gasteiger partial charge on any atom is 0.227 e. The first-order chi connectivity index (χ1) is 10.1. The Morgan fingerprint density at radius 2 is 1.90 bits per heavy atom. The summed E-state index contributed by atoms with van der Waals surface area (Å²) in [5.74, 6) is -0.310. The number of nitrogens with one attached hydrogen (secondary N) is 1. The summed E-state index contributed by atoms with van der Waals surface area (Å²) in [7, 11) is 0. The zero-order chi connectivity index (χ0) is 15.3. The number of rotatable bonds is 4. The zero-order valence-electron chi connectivity index (χ0n) is 12.7. The van der Waals surface area contributed by atoms with Gasteiger partial charge < -0.3 is 11.1 Å². The Kier molecular flexibility index (Phi) is 5.34. The first-order valence-electron chi connectivity index (χ1n) is 7.84. The van der Waals surface area contributed by atoms with Crippen LogP contribution in [0.25, 0.3) is 0 Å². The summed E-state index contributed by atoms with van der Waals surface area (Å²) in [6, 6.07) is 6.22. The first kappa shape index (κ1) is 16.0. The molecular weight excluding hydrogens is 267 g/mol. The van der Waals surface area contributed by atoms with E-state index in [1.165, 1.54) is 6.07 Å². The number of carbonyl (C=O) groups is 1. The van der Waals surface area contributed by atoms with Crippen molar-refractivity contribution in [2.75, 3.05) is 6.54 Å². The van der Waals surface area contributed by atoms with Crippen molar-refractivity contribution in [1.82, 2.24) is 5.32 Å². The number of amides is 1. The molecule has 1 aliphatic rings. The van der Waals surface area contributed by atoms with Crippen LogP contribution in [-0.2, 0) is 4.79 Å². The van der Waals surface area contributed by atoms with Gasteiger partial charge in [-0.25, -0.2) is 4.39 Å². The number of halogens is 1. The third-order valence-electron chi connectivity index (χ3n) is 4.65. The van der Waals surface area contributed by atoms with Crippen molar-refractivity contribution in [3.63, 3.8) is 0 Å². The Morgan fingerprint density at radius 3 is 2.48 bits per heavy atom. The van der Waals surface area contributed by atoms with Crippen molar-refractivity contribution in [2.24, 2.45) is 11.1 Å². The molecular formula is C17H25FN2O. The van der Waals surface area contributed by atoms with Gasteiger partial charge in [-0.1, -0.05) is 43.9 Å². The molecule has 0 aromatic heterocycles. The monoisotopic (exact) mass is 292 g/mol. The van der Waals surface area contributed by atoms with Crippen LogP contribution in [0.15, 0.2) is 24.3 Å². The Morgan fingerprint density at radius 1 is 1.29 bits per heavy atom. The summed E-state index contributed by atoms with van der Waals surface area (Å²) in [6.07, 6.45) is 6.08. The molecule has 1 aromatic rings. The molecule has 0 bridgehead atoms. The maximum absolute atomic E-state index is 13.8. The number of benzene rings is 1. The van der Waals surface area contributed by atoms with Crippen LogP contribution < -0.4 is 11.1 Å². The number of nitrogens with two attached hydrogens (primary N) is 1. The second-order valence-corrected chi connectivity index (χ2v) is 6.12. The average molecular weight is 292 g/mol. The lowest BCUT2D eigenvalue weighted by atomic mass is 9.79. The smallest absolute Gasteiger partial charge is 0.227 e. The van der Waals surface area contributed by atoms with E-state index in [0.29, 0.717) is 12.1 Å². The van der Waals surface area contributed by atoms with E-state index in [-0.39, 0.29) is 17.8 Å². The average Bonchev–Trinajstić information content (AvgIpc) is 2.74. The fraction of sp³-hybridized carbons (Fsp3) is 0.588. The van der Waals surface area contributed by atoms with Crippen molar-refractivity contribution >= 4 is 5.91 Å². The quantitative estimate of drug-likeness (QED) is 0.837. The van der Waals surface area contributed by atoms with Crippen LogP contribution in [0.2, 0.25) is 0 Å². The van der Waals surface area contributed by atoms with Crippen molar-refractivity contribution in [1.29, 1.82) is 0 Å². The van der Waals surface area contributed by atoms with Crippen LogP contribution in [0.4, 0.5) is 4.39 Å². The lowest BCUT2D eigenvalue weighted by molar-refractivity contribution is -0.132. The lowest BCUT2D eigenvalue weighted by Gasteiger charge is -2.31. The highest BCUT2D eigenvalue weighted by Crippen LogP contribution is 2.35. The fourth-order valence-corrected chi connectivity index (χ4v) is 3.18. The normalized spacial score (nSPS) is 19.6.